The lowest BCUT2D eigenvalue weighted by Crippen LogP contribution is -2.35. The standard InChI is InChI=1S/C26H32N4O2/c1-17-12-13-21(19(3)14-17)30-23(15-22(28-30)26(4,5)6)27-24(31)16-29(7)25(32)20-11-9-8-10-18(20)2/h8-15H,16H2,1-7H3,(H,27,31). The van der Waals surface area contributed by atoms with Crippen LogP contribution in [-0.4, -0.2) is 40.1 Å². The Morgan fingerprint density at radius 2 is 1.69 bits per heavy atom. The topological polar surface area (TPSA) is 67.2 Å². The first-order chi connectivity index (χ1) is 15.0. The Bertz CT molecular complexity index is 1150. The van der Waals surface area contributed by atoms with E-state index in [1.54, 1.807) is 17.8 Å². The smallest absolute Gasteiger partial charge is 0.254 e. The zero-order valence-electron chi connectivity index (χ0n) is 20.0. The maximum Gasteiger partial charge on any atom is 0.254 e. The second-order valence-corrected chi connectivity index (χ2v) is 9.39. The van der Waals surface area contributed by atoms with Gasteiger partial charge in [-0.1, -0.05) is 56.7 Å². The Hall–Kier alpha value is -3.41. The Morgan fingerprint density at radius 1 is 1.00 bits per heavy atom. The minimum absolute atomic E-state index is 0.0594. The molecule has 6 heteroatoms. The molecule has 0 spiro atoms. The van der Waals surface area contributed by atoms with E-state index in [1.165, 1.54) is 4.90 Å². The number of nitrogens with zero attached hydrogens (tertiary/aromatic N) is 3. The maximum absolute atomic E-state index is 12.9. The number of benzene rings is 2. The first kappa shape index (κ1) is 23.3. The summed E-state index contributed by atoms with van der Waals surface area (Å²) in [5.41, 5.74) is 5.31. The van der Waals surface area contributed by atoms with Gasteiger partial charge in [0, 0.05) is 24.1 Å². The normalized spacial score (nSPS) is 11.3. The van der Waals surface area contributed by atoms with Gasteiger partial charge in [0.1, 0.15) is 5.82 Å². The van der Waals surface area contributed by atoms with Crippen LogP contribution >= 0.6 is 0 Å². The second kappa shape index (κ2) is 8.99. The molecule has 3 rings (SSSR count). The Kier molecular flexibility index (Phi) is 6.53. The van der Waals surface area contributed by atoms with Crippen LogP contribution in [0.15, 0.2) is 48.5 Å². The Balaban J connectivity index is 1.86. The van der Waals surface area contributed by atoms with E-state index in [-0.39, 0.29) is 23.8 Å². The summed E-state index contributed by atoms with van der Waals surface area (Å²) < 4.78 is 1.77. The van der Waals surface area contributed by atoms with Crippen LogP contribution < -0.4 is 5.32 Å². The molecular formula is C26H32N4O2. The summed E-state index contributed by atoms with van der Waals surface area (Å²) in [6.07, 6.45) is 0. The van der Waals surface area contributed by atoms with E-state index in [4.69, 9.17) is 5.10 Å². The SMILES string of the molecule is Cc1ccc(-n2nc(C(C)(C)C)cc2NC(=O)CN(C)C(=O)c2ccccc2C)c(C)c1. The van der Waals surface area contributed by atoms with E-state index >= 15 is 0 Å². The number of aryl methyl sites for hydroxylation is 3. The summed E-state index contributed by atoms with van der Waals surface area (Å²) in [5.74, 6) is 0.126. The molecule has 2 aromatic carbocycles. The molecule has 6 nitrogen and oxygen atoms in total. The summed E-state index contributed by atoms with van der Waals surface area (Å²) >= 11 is 0. The molecule has 1 heterocycles. The second-order valence-electron chi connectivity index (χ2n) is 9.39. The molecule has 1 aromatic heterocycles. The van der Waals surface area contributed by atoms with E-state index in [2.05, 4.69) is 32.2 Å². The van der Waals surface area contributed by atoms with Crippen LogP contribution in [-0.2, 0) is 10.2 Å². The zero-order chi connectivity index (χ0) is 23.6. The minimum Gasteiger partial charge on any atom is -0.332 e. The van der Waals surface area contributed by atoms with Gasteiger partial charge in [0.2, 0.25) is 5.91 Å². The predicted octanol–water partition coefficient (Wildman–Crippen LogP) is 4.81. The van der Waals surface area contributed by atoms with Crippen molar-refractivity contribution in [2.24, 2.45) is 0 Å². The maximum atomic E-state index is 12.9. The number of carbonyl (C=O) groups excluding carboxylic acids is 2. The van der Waals surface area contributed by atoms with Crippen LogP contribution in [0.1, 0.15) is 53.5 Å². The van der Waals surface area contributed by atoms with Gasteiger partial charge in [-0.2, -0.15) is 5.10 Å². The molecule has 0 radical (unpaired) electrons. The van der Waals surface area contributed by atoms with Crippen molar-refractivity contribution in [3.63, 3.8) is 0 Å². The summed E-state index contributed by atoms with van der Waals surface area (Å²) in [6, 6.07) is 15.4. The molecular weight excluding hydrogens is 400 g/mol. The molecule has 0 saturated heterocycles. The number of amides is 2. The molecule has 0 aliphatic heterocycles. The largest absolute Gasteiger partial charge is 0.332 e. The van der Waals surface area contributed by atoms with Gasteiger partial charge in [-0.3, -0.25) is 9.59 Å². The highest BCUT2D eigenvalue weighted by molar-refractivity contribution is 5.99. The lowest BCUT2D eigenvalue weighted by molar-refractivity contribution is -0.116. The quantitative estimate of drug-likeness (QED) is 0.629. The van der Waals surface area contributed by atoms with Crippen molar-refractivity contribution in [3.8, 4) is 5.69 Å². The van der Waals surface area contributed by atoms with Crippen molar-refractivity contribution in [2.45, 2.75) is 47.0 Å². The number of likely N-dealkylation sites (N-methyl/N-ethyl adjacent to an activating group) is 1. The van der Waals surface area contributed by atoms with Crippen molar-refractivity contribution in [1.29, 1.82) is 0 Å². The molecule has 0 aliphatic rings. The number of nitrogens with one attached hydrogen (secondary N) is 1. The van der Waals surface area contributed by atoms with Crippen LogP contribution in [0.25, 0.3) is 5.69 Å². The molecule has 3 aromatic rings. The predicted molar refractivity (Wildman–Crippen MR) is 129 cm³/mol. The van der Waals surface area contributed by atoms with Crippen LogP contribution in [0.5, 0.6) is 0 Å². The molecule has 0 atom stereocenters. The number of rotatable bonds is 5. The van der Waals surface area contributed by atoms with E-state index in [0.29, 0.717) is 11.4 Å². The first-order valence-corrected chi connectivity index (χ1v) is 10.8. The first-order valence-electron chi connectivity index (χ1n) is 10.8. The summed E-state index contributed by atoms with van der Waals surface area (Å²) in [6.45, 7) is 12.2. The zero-order valence-corrected chi connectivity index (χ0v) is 20.0. The van der Waals surface area contributed by atoms with Crippen molar-refractivity contribution in [2.75, 3.05) is 18.9 Å². The van der Waals surface area contributed by atoms with E-state index in [0.717, 1.165) is 28.1 Å². The lowest BCUT2D eigenvalue weighted by atomic mass is 9.92. The van der Waals surface area contributed by atoms with Gasteiger partial charge in [0.05, 0.1) is 17.9 Å². The number of hydrogen-bond acceptors (Lipinski definition) is 3. The summed E-state index contributed by atoms with van der Waals surface area (Å²) in [4.78, 5) is 27.1. The third kappa shape index (κ3) is 5.07. The molecule has 1 N–H and O–H groups in total. The fourth-order valence-electron chi connectivity index (χ4n) is 3.55. The van der Waals surface area contributed by atoms with Crippen LogP contribution in [0.3, 0.4) is 0 Å². The molecule has 0 fully saturated rings. The van der Waals surface area contributed by atoms with E-state index in [9.17, 15) is 9.59 Å². The summed E-state index contributed by atoms with van der Waals surface area (Å²) in [7, 11) is 1.64. The van der Waals surface area contributed by atoms with Crippen LogP contribution in [0.2, 0.25) is 0 Å². The number of hydrogen-bond donors (Lipinski definition) is 1. The van der Waals surface area contributed by atoms with Crippen molar-refractivity contribution in [3.05, 3.63) is 76.5 Å². The van der Waals surface area contributed by atoms with Gasteiger partial charge in [0.25, 0.3) is 5.91 Å². The minimum atomic E-state index is -0.277. The van der Waals surface area contributed by atoms with Gasteiger partial charge >= 0.3 is 0 Å². The van der Waals surface area contributed by atoms with Crippen LogP contribution in [0, 0.1) is 20.8 Å². The Labute approximate surface area is 190 Å². The van der Waals surface area contributed by atoms with Gasteiger partial charge < -0.3 is 10.2 Å². The molecule has 0 bridgehead atoms. The fraction of sp³-hybridized carbons (Fsp3) is 0.346. The number of anilines is 1. The molecule has 0 unspecified atom stereocenters. The van der Waals surface area contributed by atoms with Crippen molar-refractivity contribution >= 4 is 17.6 Å². The average Bonchev–Trinajstić information content (AvgIpc) is 3.11. The van der Waals surface area contributed by atoms with Crippen molar-refractivity contribution in [1.82, 2.24) is 14.7 Å². The van der Waals surface area contributed by atoms with Gasteiger partial charge in [-0.25, -0.2) is 4.68 Å². The lowest BCUT2D eigenvalue weighted by Gasteiger charge is -2.18. The van der Waals surface area contributed by atoms with Gasteiger partial charge in [-0.05, 0) is 44.0 Å². The highest BCUT2D eigenvalue weighted by Crippen LogP contribution is 2.27. The number of carbonyl (C=O) groups is 2. The molecule has 2 amide bonds. The van der Waals surface area contributed by atoms with Gasteiger partial charge in [-0.15, -0.1) is 0 Å². The molecule has 32 heavy (non-hydrogen) atoms. The Morgan fingerprint density at radius 3 is 2.31 bits per heavy atom. The average molecular weight is 433 g/mol. The molecule has 168 valence electrons. The van der Waals surface area contributed by atoms with Crippen molar-refractivity contribution < 1.29 is 9.59 Å². The third-order valence-electron chi connectivity index (χ3n) is 5.43. The highest BCUT2D eigenvalue weighted by Gasteiger charge is 2.23. The monoisotopic (exact) mass is 432 g/mol. The van der Waals surface area contributed by atoms with E-state index in [1.807, 2.05) is 57.2 Å². The van der Waals surface area contributed by atoms with Gasteiger partial charge in [0.15, 0.2) is 0 Å². The summed E-state index contributed by atoms with van der Waals surface area (Å²) in [5, 5.41) is 7.75. The third-order valence-corrected chi connectivity index (χ3v) is 5.43. The molecule has 0 aliphatic carbocycles. The van der Waals surface area contributed by atoms with E-state index < -0.39 is 0 Å². The highest BCUT2D eigenvalue weighted by atomic mass is 16.2. The molecule has 0 saturated carbocycles. The number of aromatic nitrogens is 2. The van der Waals surface area contributed by atoms with Crippen LogP contribution in [0.4, 0.5) is 5.82 Å². The fourth-order valence-corrected chi connectivity index (χ4v) is 3.55.